The summed E-state index contributed by atoms with van der Waals surface area (Å²) in [4.78, 5) is 3.31. The van der Waals surface area contributed by atoms with Crippen LogP contribution in [0.4, 0.5) is 0 Å². The zero-order valence-electron chi connectivity index (χ0n) is 12.3. The number of H-pyrrole nitrogens is 1. The van der Waals surface area contributed by atoms with E-state index in [0.717, 1.165) is 23.4 Å². The molecule has 2 aromatic carbocycles. The Morgan fingerprint density at radius 2 is 2.00 bits per heavy atom. The van der Waals surface area contributed by atoms with Gasteiger partial charge in [-0.3, -0.25) is 4.57 Å². The number of rotatable bonds is 3. The van der Waals surface area contributed by atoms with E-state index in [1.54, 1.807) is 6.33 Å². The van der Waals surface area contributed by atoms with Crippen molar-refractivity contribution in [1.29, 1.82) is 0 Å². The van der Waals surface area contributed by atoms with Gasteiger partial charge in [-0.1, -0.05) is 30.3 Å². The van der Waals surface area contributed by atoms with Crippen LogP contribution in [0.3, 0.4) is 0 Å². The second kappa shape index (κ2) is 5.15. The van der Waals surface area contributed by atoms with E-state index in [9.17, 15) is 0 Å². The van der Waals surface area contributed by atoms with E-state index in [4.69, 9.17) is 0 Å². The fraction of sp³-hybridized carbons (Fsp3) is 0.111. The molecular formula is C18H16N4. The maximum atomic E-state index is 4.30. The Labute approximate surface area is 128 Å². The zero-order chi connectivity index (χ0) is 14.9. The minimum Gasteiger partial charge on any atom is -0.361 e. The Bertz CT molecular complexity index is 933. The largest absolute Gasteiger partial charge is 0.361 e. The second-order valence-electron chi connectivity index (χ2n) is 5.49. The van der Waals surface area contributed by atoms with Gasteiger partial charge in [0.2, 0.25) is 0 Å². The maximum Gasteiger partial charge on any atom is 0.141 e. The first-order valence-electron chi connectivity index (χ1n) is 7.32. The zero-order valence-corrected chi connectivity index (χ0v) is 12.3. The fourth-order valence-corrected chi connectivity index (χ4v) is 2.82. The van der Waals surface area contributed by atoms with Gasteiger partial charge >= 0.3 is 0 Å². The lowest BCUT2D eigenvalue weighted by atomic mass is 10.1. The van der Waals surface area contributed by atoms with Gasteiger partial charge in [0.05, 0.1) is 0 Å². The van der Waals surface area contributed by atoms with Gasteiger partial charge in [-0.25, -0.2) is 0 Å². The van der Waals surface area contributed by atoms with Gasteiger partial charge in [0.15, 0.2) is 0 Å². The predicted octanol–water partition coefficient (Wildman–Crippen LogP) is 3.65. The Hall–Kier alpha value is -2.88. The third kappa shape index (κ3) is 2.19. The van der Waals surface area contributed by atoms with Crippen molar-refractivity contribution in [2.24, 2.45) is 0 Å². The van der Waals surface area contributed by atoms with Crippen molar-refractivity contribution in [3.63, 3.8) is 0 Å². The molecule has 4 rings (SSSR count). The summed E-state index contributed by atoms with van der Waals surface area (Å²) in [7, 11) is 0. The SMILES string of the molecule is Cc1cccc(-n2cnnc2Cc2c[nH]c3ccccc23)c1. The Morgan fingerprint density at radius 3 is 2.91 bits per heavy atom. The number of aromatic nitrogens is 4. The average molecular weight is 288 g/mol. The van der Waals surface area contributed by atoms with Crippen LogP contribution in [0.15, 0.2) is 61.1 Å². The summed E-state index contributed by atoms with van der Waals surface area (Å²) in [6, 6.07) is 16.7. The average Bonchev–Trinajstić information content (AvgIpc) is 3.15. The Morgan fingerprint density at radius 1 is 1.09 bits per heavy atom. The molecule has 0 aliphatic carbocycles. The lowest BCUT2D eigenvalue weighted by molar-refractivity contribution is 0.908. The molecule has 0 bridgehead atoms. The summed E-state index contributed by atoms with van der Waals surface area (Å²) in [6.07, 6.45) is 4.58. The predicted molar refractivity (Wildman–Crippen MR) is 87.2 cm³/mol. The van der Waals surface area contributed by atoms with Crippen LogP contribution in [0.5, 0.6) is 0 Å². The van der Waals surface area contributed by atoms with Crippen molar-refractivity contribution < 1.29 is 0 Å². The van der Waals surface area contributed by atoms with Crippen molar-refractivity contribution in [2.75, 3.05) is 0 Å². The highest BCUT2D eigenvalue weighted by atomic mass is 15.3. The van der Waals surface area contributed by atoms with Crippen molar-refractivity contribution in [3.8, 4) is 5.69 Å². The first-order valence-corrected chi connectivity index (χ1v) is 7.32. The third-order valence-electron chi connectivity index (χ3n) is 3.92. The van der Waals surface area contributed by atoms with Crippen LogP contribution in [0.1, 0.15) is 17.0 Å². The lowest BCUT2D eigenvalue weighted by Crippen LogP contribution is -2.01. The summed E-state index contributed by atoms with van der Waals surface area (Å²) >= 11 is 0. The number of para-hydroxylation sites is 1. The minimum atomic E-state index is 0.748. The Kier molecular flexibility index (Phi) is 3.00. The number of fused-ring (bicyclic) bond motifs is 1. The normalized spacial score (nSPS) is 11.1. The fourth-order valence-electron chi connectivity index (χ4n) is 2.82. The first-order chi connectivity index (χ1) is 10.8. The van der Waals surface area contributed by atoms with Crippen LogP contribution in [0.2, 0.25) is 0 Å². The number of hydrogen-bond donors (Lipinski definition) is 1. The van der Waals surface area contributed by atoms with Gasteiger partial charge < -0.3 is 4.98 Å². The van der Waals surface area contributed by atoms with Crippen molar-refractivity contribution in [3.05, 3.63) is 78.0 Å². The van der Waals surface area contributed by atoms with Crippen LogP contribution in [-0.2, 0) is 6.42 Å². The van der Waals surface area contributed by atoms with Gasteiger partial charge in [-0.05, 0) is 36.2 Å². The maximum absolute atomic E-state index is 4.30. The van der Waals surface area contributed by atoms with Gasteiger partial charge in [0.25, 0.3) is 0 Å². The van der Waals surface area contributed by atoms with Crippen LogP contribution in [0, 0.1) is 6.92 Å². The lowest BCUT2D eigenvalue weighted by Gasteiger charge is -2.07. The number of aryl methyl sites for hydroxylation is 1. The van der Waals surface area contributed by atoms with Crippen molar-refractivity contribution in [1.82, 2.24) is 19.7 Å². The van der Waals surface area contributed by atoms with Crippen LogP contribution in [0.25, 0.3) is 16.6 Å². The van der Waals surface area contributed by atoms with E-state index in [-0.39, 0.29) is 0 Å². The second-order valence-corrected chi connectivity index (χ2v) is 5.49. The van der Waals surface area contributed by atoms with Crippen LogP contribution < -0.4 is 0 Å². The number of nitrogens with zero attached hydrogens (tertiary/aromatic N) is 3. The molecule has 0 radical (unpaired) electrons. The molecule has 108 valence electrons. The molecular weight excluding hydrogens is 272 g/mol. The van der Waals surface area contributed by atoms with E-state index in [1.807, 2.05) is 6.07 Å². The molecule has 0 atom stereocenters. The van der Waals surface area contributed by atoms with Crippen LogP contribution >= 0.6 is 0 Å². The molecule has 22 heavy (non-hydrogen) atoms. The van der Waals surface area contributed by atoms with Gasteiger partial charge in [-0.15, -0.1) is 10.2 Å². The monoisotopic (exact) mass is 288 g/mol. The molecule has 4 nitrogen and oxygen atoms in total. The molecule has 0 aliphatic rings. The summed E-state index contributed by atoms with van der Waals surface area (Å²) in [5.74, 6) is 0.940. The first kappa shape index (κ1) is 12.8. The standard InChI is InChI=1S/C18H16N4/c1-13-5-4-6-15(9-13)22-12-20-21-18(22)10-14-11-19-17-8-3-2-7-16(14)17/h2-9,11-12,19H,10H2,1H3. The quantitative estimate of drug-likeness (QED) is 0.625. The summed E-state index contributed by atoms with van der Waals surface area (Å²) in [5, 5.41) is 9.63. The minimum absolute atomic E-state index is 0.748. The van der Waals surface area contributed by atoms with Crippen LogP contribution in [-0.4, -0.2) is 19.7 Å². The van der Waals surface area contributed by atoms with E-state index in [0.29, 0.717) is 0 Å². The third-order valence-corrected chi connectivity index (χ3v) is 3.92. The highest BCUT2D eigenvalue weighted by molar-refractivity contribution is 5.83. The molecule has 0 aliphatic heterocycles. The summed E-state index contributed by atoms with van der Waals surface area (Å²) < 4.78 is 2.05. The molecule has 0 saturated heterocycles. The van der Waals surface area contributed by atoms with E-state index in [1.165, 1.54) is 16.5 Å². The molecule has 2 aromatic heterocycles. The van der Waals surface area contributed by atoms with Gasteiger partial charge in [0, 0.05) is 29.2 Å². The molecule has 0 saturated carbocycles. The number of nitrogens with one attached hydrogen (secondary N) is 1. The van der Waals surface area contributed by atoms with E-state index in [2.05, 4.69) is 75.3 Å². The molecule has 1 N–H and O–H groups in total. The summed E-state index contributed by atoms with van der Waals surface area (Å²) in [6.45, 7) is 2.09. The molecule has 2 heterocycles. The number of benzene rings is 2. The Balaban J connectivity index is 1.74. The molecule has 0 fully saturated rings. The van der Waals surface area contributed by atoms with Crippen molar-refractivity contribution >= 4 is 10.9 Å². The molecule has 0 amide bonds. The summed E-state index contributed by atoms with van der Waals surface area (Å²) in [5.41, 5.74) is 4.71. The topological polar surface area (TPSA) is 46.5 Å². The van der Waals surface area contributed by atoms with Gasteiger partial charge in [-0.2, -0.15) is 0 Å². The molecule has 0 unspecified atom stereocenters. The smallest absolute Gasteiger partial charge is 0.141 e. The van der Waals surface area contributed by atoms with Gasteiger partial charge in [0.1, 0.15) is 12.2 Å². The molecule has 4 heteroatoms. The van der Waals surface area contributed by atoms with E-state index < -0.39 is 0 Å². The number of hydrogen-bond acceptors (Lipinski definition) is 2. The molecule has 0 spiro atoms. The highest BCUT2D eigenvalue weighted by Crippen LogP contribution is 2.21. The van der Waals surface area contributed by atoms with E-state index >= 15 is 0 Å². The highest BCUT2D eigenvalue weighted by Gasteiger charge is 2.10. The number of aromatic amines is 1. The van der Waals surface area contributed by atoms with Crippen molar-refractivity contribution in [2.45, 2.75) is 13.3 Å². The molecule has 4 aromatic rings.